The summed E-state index contributed by atoms with van der Waals surface area (Å²) in [6, 6.07) is 2.94. The number of carbonyl (C=O) groups is 1. The van der Waals surface area contributed by atoms with Crippen molar-refractivity contribution in [3.63, 3.8) is 0 Å². The van der Waals surface area contributed by atoms with E-state index in [1.807, 2.05) is 0 Å². The maximum Gasteiger partial charge on any atom is 0.312 e. The Bertz CT molecular complexity index is 462. The Hall–Kier alpha value is -1.82. The summed E-state index contributed by atoms with van der Waals surface area (Å²) < 4.78 is 23.7. The van der Waals surface area contributed by atoms with Crippen LogP contribution in [-0.4, -0.2) is 31.8 Å². The molecule has 1 rings (SSSR count). The highest BCUT2D eigenvalue weighted by Gasteiger charge is 2.26. The van der Waals surface area contributed by atoms with E-state index < -0.39 is 18.1 Å². The molecular formula is C13H18FNO4. The van der Waals surface area contributed by atoms with Crippen molar-refractivity contribution in [2.75, 3.05) is 20.8 Å². The van der Waals surface area contributed by atoms with Gasteiger partial charge >= 0.3 is 5.97 Å². The van der Waals surface area contributed by atoms with Crippen LogP contribution in [0.4, 0.5) is 4.39 Å². The number of ether oxygens (including phenoxy) is 2. The number of carboxylic acids is 1. The van der Waals surface area contributed by atoms with E-state index in [1.165, 1.54) is 33.3 Å². The second kappa shape index (κ2) is 6.38. The van der Waals surface area contributed by atoms with Gasteiger partial charge in [-0.3, -0.25) is 4.79 Å². The minimum Gasteiger partial charge on any atom is -0.493 e. The summed E-state index contributed by atoms with van der Waals surface area (Å²) >= 11 is 0. The summed E-state index contributed by atoms with van der Waals surface area (Å²) in [5.41, 5.74) is 6.12. The molecule has 0 aliphatic carbocycles. The van der Waals surface area contributed by atoms with E-state index in [1.54, 1.807) is 0 Å². The monoisotopic (exact) mass is 271 g/mol. The van der Waals surface area contributed by atoms with Gasteiger partial charge < -0.3 is 20.3 Å². The van der Waals surface area contributed by atoms with E-state index in [2.05, 4.69) is 0 Å². The zero-order valence-corrected chi connectivity index (χ0v) is 11.1. The van der Waals surface area contributed by atoms with Crippen molar-refractivity contribution in [1.82, 2.24) is 0 Å². The fourth-order valence-electron chi connectivity index (χ4n) is 1.87. The summed E-state index contributed by atoms with van der Waals surface area (Å²) in [5.74, 6) is -1.50. The Morgan fingerprint density at radius 3 is 2.42 bits per heavy atom. The number of benzene rings is 1. The van der Waals surface area contributed by atoms with Crippen molar-refractivity contribution in [3.8, 4) is 11.5 Å². The zero-order chi connectivity index (χ0) is 14.6. The molecule has 0 aliphatic rings. The first-order valence-corrected chi connectivity index (χ1v) is 5.79. The second-order valence-electron chi connectivity index (χ2n) is 4.09. The standard InChI is InChI=1S/C13H18FNO4/c1-7(14)8-4-9(10(6-15)13(16)17)12(19-3)11(5-8)18-2/h4-5,7,10H,6,15H2,1-3H3,(H,16,17). The van der Waals surface area contributed by atoms with Crippen LogP contribution in [-0.2, 0) is 4.79 Å². The molecule has 1 aromatic carbocycles. The van der Waals surface area contributed by atoms with E-state index in [4.69, 9.17) is 20.3 Å². The summed E-state index contributed by atoms with van der Waals surface area (Å²) in [5, 5.41) is 9.17. The van der Waals surface area contributed by atoms with E-state index >= 15 is 0 Å². The molecular weight excluding hydrogens is 253 g/mol. The molecule has 106 valence electrons. The van der Waals surface area contributed by atoms with Crippen LogP contribution in [0, 0.1) is 0 Å². The van der Waals surface area contributed by atoms with Gasteiger partial charge in [-0.25, -0.2) is 4.39 Å². The van der Waals surface area contributed by atoms with Crippen LogP contribution in [0.1, 0.15) is 30.1 Å². The molecule has 0 fully saturated rings. The Morgan fingerprint density at radius 2 is 2.05 bits per heavy atom. The van der Waals surface area contributed by atoms with Crippen molar-refractivity contribution in [3.05, 3.63) is 23.3 Å². The van der Waals surface area contributed by atoms with E-state index in [9.17, 15) is 9.18 Å². The van der Waals surface area contributed by atoms with Crippen molar-refractivity contribution in [2.45, 2.75) is 19.0 Å². The first kappa shape index (κ1) is 15.2. The molecule has 0 aromatic heterocycles. The number of methoxy groups -OCH3 is 2. The number of halogens is 1. The van der Waals surface area contributed by atoms with Gasteiger partial charge in [0.2, 0.25) is 0 Å². The molecule has 5 nitrogen and oxygen atoms in total. The van der Waals surface area contributed by atoms with Crippen molar-refractivity contribution in [1.29, 1.82) is 0 Å². The third kappa shape index (κ3) is 3.14. The van der Waals surface area contributed by atoms with Crippen LogP contribution >= 0.6 is 0 Å². The molecule has 6 heteroatoms. The molecule has 0 radical (unpaired) electrons. The normalized spacial score (nSPS) is 13.7. The van der Waals surface area contributed by atoms with E-state index in [0.717, 1.165) is 0 Å². The topological polar surface area (TPSA) is 81.8 Å². The maximum atomic E-state index is 13.5. The van der Waals surface area contributed by atoms with Crippen LogP contribution in [0.15, 0.2) is 12.1 Å². The number of carboxylic acid groups (broad SMARTS) is 1. The Labute approximate surface area is 111 Å². The van der Waals surface area contributed by atoms with Crippen LogP contribution in [0.5, 0.6) is 11.5 Å². The Kier molecular flexibility index (Phi) is 5.11. The predicted molar refractivity (Wildman–Crippen MR) is 68.5 cm³/mol. The SMILES string of the molecule is COc1cc(C(C)F)cc(C(CN)C(=O)O)c1OC. The fraction of sp³-hybridized carbons (Fsp3) is 0.462. The summed E-state index contributed by atoms with van der Waals surface area (Å²) in [6.45, 7) is 1.25. The molecule has 0 bridgehead atoms. The van der Waals surface area contributed by atoms with Gasteiger partial charge in [0.1, 0.15) is 6.17 Å². The first-order valence-electron chi connectivity index (χ1n) is 5.79. The quantitative estimate of drug-likeness (QED) is 0.825. The first-order chi connectivity index (χ1) is 8.96. The van der Waals surface area contributed by atoms with Gasteiger partial charge in [-0.15, -0.1) is 0 Å². The third-order valence-electron chi connectivity index (χ3n) is 2.90. The van der Waals surface area contributed by atoms with E-state index in [-0.39, 0.29) is 12.3 Å². The summed E-state index contributed by atoms with van der Waals surface area (Å²) in [4.78, 5) is 11.2. The number of hydrogen-bond donors (Lipinski definition) is 2. The molecule has 1 aromatic rings. The maximum absolute atomic E-state index is 13.5. The fourth-order valence-corrected chi connectivity index (χ4v) is 1.87. The van der Waals surface area contributed by atoms with Crippen LogP contribution in [0.25, 0.3) is 0 Å². The van der Waals surface area contributed by atoms with Crippen LogP contribution in [0.3, 0.4) is 0 Å². The lowest BCUT2D eigenvalue weighted by Gasteiger charge is -2.19. The van der Waals surface area contributed by atoms with Crippen molar-refractivity contribution >= 4 is 5.97 Å². The second-order valence-corrected chi connectivity index (χ2v) is 4.09. The lowest BCUT2D eigenvalue weighted by atomic mass is 9.94. The molecule has 0 spiro atoms. The highest BCUT2D eigenvalue weighted by Crippen LogP contribution is 2.38. The minimum absolute atomic E-state index is 0.112. The molecule has 0 aliphatic heterocycles. The van der Waals surface area contributed by atoms with Gasteiger partial charge in [0.25, 0.3) is 0 Å². The molecule has 0 saturated heterocycles. The molecule has 2 atom stereocenters. The van der Waals surface area contributed by atoms with Gasteiger partial charge in [0.05, 0.1) is 20.1 Å². The summed E-state index contributed by atoms with van der Waals surface area (Å²) in [6.07, 6.45) is -1.24. The van der Waals surface area contributed by atoms with Gasteiger partial charge in [0, 0.05) is 12.1 Å². The van der Waals surface area contributed by atoms with Gasteiger partial charge in [0.15, 0.2) is 11.5 Å². The lowest BCUT2D eigenvalue weighted by Crippen LogP contribution is -2.22. The van der Waals surface area contributed by atoms with Gasteiger partial charge in [-0.05, 0) is 24.6 Å². The Balaban J connectivity index is 3.48. The zero-order valence-electron chi connectivity index (χ0n) is 11.1. The summed E-state index contributed by atoms with van der Waals surface area (Å²) in [7, 11) is 2.81. The average Bonchev–Trinajstić information content (AvgIpc) is 2.37. The van der Waals surface area contributed by atoms with Gasteiger partial charge in [-0.1, -0.05) is 0 Å². The number of rotatable bonds is 6. The minimum atomic E-state index is -1.24. The smallest absolute Gasteiger partial charge is 0.312 e. The van der Waals surface area contributed by atoms with E-state index in [0.29, 0.717) is 16.9 Å². The van der Waals surface area contributed by atoms with Gasteiger partial charge in [-0.2, -0.15) is 0 Å². The third-order valence-corrected chi connectivity index (χ3v) is 2.90. The Morgan fingerprint density at radius 1 is 1.42 bits per heavy atom. The highest BCUT2D eigenvalue weighted by atomic mass is 19.1. The predicted octanol–water partition coefficient (Wildman–Crippen LogP) is 1.86. The van der Waals surface area contributed by atoms with Crippen LogP contribution in [0.2, 0.25) is 0 Å². The van der Waals surface area contributed by atoms with Crippen LogP contribution < -0.4 is 15.2 Å². The highest BCUT2D eigenvalue weighted by molar-refractivity contribution is 5.78. The molecule has 19 heavy (non-hydrogen) atoms. The average molecular weight is 271 g/mol. The number of aliphatic carboxylic acids is 1. The number of alkyl halides is 1. The number of nitrogens with two attached hydrogens (primary N) is 1. The largest absolute Gasteiger partial charge is 0.493 e. The van der Waals surface area contributed by atoms with Crippen molar-refractivity contribution < 1.29 is 23.8 Å². The molecule has 0 saturated carbocycles. The number of hydrogen-bond acceptors (Lipinski definition) is 4. The van der Waals surface area contributed by atoms with Crippen molar-refractivity contribution in [2.24, 2.45) is 5.73 Å². The molecule has 0 amide bonds. The molecule has 2 unspecified atom stereocenters. The lowest BCUT2D eigenvalue weighted by molar-refractivity contribution is -0.138. The molecule has 0 heterocycles. The molecule has 3 N–H and O–H groups in total.